The van der Waals surface area contributed by atoms with Crippen LogP contribution in [0, 0.1) is 5.92 Å². The van der Waals surface area contributed by atoms with E-state index in [-0.39, 0.29) is 5.57 Å². The Kier molecular flexibility index (Phi) is 8.36. The molecule has 2 aromatic carbocycles. The molecule has 5 rings (SSSR count). The van der Waals surface area contributed by atoms with Gasteiger partial charge in [-0.2, -0.15) is 0 Å². The number of amides is 2. The van der Waals surface area contributed by atoms with Crippen LogP contribution < -0.4 is 14.8 Å². The molecule has 0 aromatic heterocycles. The van der Waals surface area contributed by atoms with Gasteiger partial charge in [0.25, 0.3) is 11.8 Å². The van der Waals surface area contributed by atoms with Gasteiger partial charge in [0.05, 0.1) is 17.4 Å². The van der Waals surface area contributed by atoms with Crippen molar-refractivity contribution in [2.45, 2.75) is 88.8 Å². The number of carbonyl (C=O) groups is 2. The summed E-state index contributed by atoms with van der Waals surface area (Å²) >= 11 is 0. The number of ether oxygens (including phenoxy) is 1. The Hall–Kier alpha value is -3.13. The van der Waals surface area contributed by atoms with Crippen molar-refractivity contribution in [3.8, 4) is 5.75 Å². The molecule has 1 heterocycles. The third-order valence-corrected chi connectivity index (χ3v) is 9.97. The van der Waals surface area contributed by atoms with E-state index < -0.39 is 32.6 Å². The molecule has 2 N–H and O–H groups in total. The first kappa shape index (κ1) is 28.4. The van der Waals surface area contributed by atoms with Gasteiger partial charge in [-0.1, -0.05) is 62.6 Å². The highest BCUT2D eigenvalue weighted by atomic mass is 32.2. The number of carbonyl (C=O) groups excluding carboxylic acids is 2. The van der Waals surface area contributed by atoms with Crippen molar-refractivity contribution in [3.05, 3.63) is 70.8 Å². The van der Waals surface area contributed by atoms with E-state index in [9.17, 15) is 18.0 Å². The Balaban J connectivity index is 1.40. The number of sulfonamides is 1. The molecule has 0 radical (unpaired) electrons. The first-order valence-corrected chi connectivity index (χ1v) is 16.2. The number of nitrogens with one attached hydrogen (secondary N) is 2. The van der Waals surface area contributed by atoms with Crippen molar-refractivity contribution >= 4 is 27.4 Å². The monoisotopic (exact) mass is 564 g/mol. The fraction of sp³-hybridized carbons (Fsp3) is 0.500. The maximum absolute atomic E-state index is 13.5. The van der Waals surface area contributed by atoms with Gasteiger partial charge in [0, 0.05) is 6.42 Å². The van der Waals surface area contributed by atoms with Crippen LogP contribution in [0.4, 0.5) is 0 Å². The summed E-state index contributed by atoms with van der Waals surface area (Å²) in [6.45, 7) is 4.78. The summed E-state index contributed by atoms with van der Waals surface area (Å²) in [5.41, 5.74) is 2.47. The summed E-state index contributed by atoms with van der Waals surface area (Å²) in [7, 11) is -3.80. The molecule has 1 atom stereocenters. The fourth-order valence-electron chi connectivity index (χ4n) is 5.37. The Morgan fingerprint density at radius 1 is 1.00 bits per heavy atom. The average molecular weight is 565 g/mol. The summed E-state index contributed by atoms with van der Waals surface area (Å²) in [4.78, 5) is 26.8. The fourth-order valence-corrected chi connectivity index (χ4v) is 6.66. The summed E-state index contributed by atoms with van der Waals surface area (Å²) in [5, 5.41) is 2.45. The van der Waals surface area contributed by atoms with Gasteiger partial charge in [-0.25, -0.2) is 13.1 Å². The summed E-state index contributed by atoms with van der Waals surface area (Å²) < 4.78 is 33.2. The molecule has 2 saturated carbocycles. The van der Waals surface area contributed by atoms with Crippen LogP contribution in [0.15, 0.2) is 54.1 Å². The first-order valence-electron chi connectivity index (χ1n) is 14.6. The standard InChI is InChI=1S/C32H40N2O5S/c1-3-4-5-6-19-39-26-15-13-25(14-16-26)32(2)21-28(24-11-9-23(10-12-24)20-22-7-8-22)29(30(35)33-32)31(36)34-40(37,38)27-17-18-27/h9-16,22,27H,3-8,17-21H2,1-2H3,(H,33,35)(H,34,36)/t32-/m0/s1. The molecule has 2 aromatic rings. The van der Waals surface area contributed by atoms with Gasteiger partial charge >= 0.3 is 0 Å². The average Bonchev–Trinajstić information content (AvgIpc) is 3.83. The first-order chi connectivity index (χ1) is 19.2. The van der Waals surface area contributed by atoms with E-state index in [0.29, 0.717) is 31.4 Å². The van der Waals surface area contributed by atoms with Crippen molar-refractivity contribution in [3.63, 3.8) is 0 Å². The second kappa shape index (κ2) is 11.8. The zero-order chi connectivity index (χ0) is 28.3. The molecule has 2 amide bonds. The zero-order valence-corrected chi connectivity index (χ0v) is 24.3. The minimum atomic E-state index is -3.80. The van der Waals surface area contributed by atoms with Crippen molar-refractivity contribution in [2.75, 3.05) is 6.61 Å². The van der Waals surface area contributed by atoms with Crippen LogP contribution >= 0.6 is 0 Å². The smallest absolute Gasteiger partial charge is 0.270 e. The molecule has 1 aliphatic heterocycles. The topological polar surface area (TPSA) is 102 Å². The molecular weight excluding hydrogens is 524 g/mol. The predicted molar refractivity (Wildman–Crippen MR) is 156 cm³/mol. The van der Waals surface area contributed by atoms with Crippen LogP contribution in [-0.4, -0.2) is 32.1 Å². The molecule has 2 aliphatic carbocycles. The maximum atomic E-state index is 13.5. The van der Waals surface area contributed by atoms with E-state index in [2.05, 4.69) is 17.0 Å². The number of unbranched alkanes of at least 4 members (excludes halogenated alkanes) is 3. The van der Waals surface area contributed by atoms with E-state index in [4.69, 9.17) is 4.74 Å². The van der Waals surface area contributed by atoms with Crippen molar-refractivity contribution in [1.82, 2.24) is 10.0 Å². The molecule has 214 valence electrons. The molecule has 7 nitrogen and oxygen atoms in total. The Morgan fingerprint density at radius 2 is 1.70 bits per heavy atom. The number of hydrogen-bond acceptors (Lipinski definition) is 5. The van der Waals surface area contributed by atoms with Crippen molar-refractivity contribution in [2.24, 2.45) is 5.92 Å². The minimum absolute atomic E-state index is 0.135. The van der Waals surface area contributed by atoms with E-state index in [0.717, 1.165) is 42.1 Å². The SMILES string of the molecule is CCCCCCOc1ccc([C@]2(C)CC(c3ccc(CC4CC4)cc3)=C(C(=O)NS(=O)(=O)C3CC3)C(=O)N2)cc1. The lowest BCUT2D eigenvalue weighted by atomic mass is 9.78. The molecule has 2 fully saturated rings. The van der Waals surface area contributed by atoms with E-state index in [1.165, 1.54) is 31.2 Å². The van der Waals surface area contributed by atoms with Crippen molar-refractivity contribution < 1.29 is 22.7 Å². The second-order valence-corrected chi connectivity index (χ2v) is 13.7. The van der Waals surface area contributed by atoms with Gasteiger partial charge in [0.2, 0.25) is 10.0 Å². The Bertz CT molecular complexity index is 1370. The van der Waals surface area contributed by atoms with E-state index in [1.807, 2.05) is 55.5 Å². The highest BCUT2D eigenvalue weighted by Crippen LogP contribution is 2.40. The quantitative estimate of drug-likeness (QED) is 0.251. The summed E-state index contributed by atoms with van der Waals surface area (Å²) in [5.74, 6) is 0.0744. The number of hydrogen-bond donors (Lipinski definition) is 2. The molecule has 40 heavy (non-hydrogen) atoms. The van der Waals surface area contributed by atoms with Crippen LogP contribution in [0.1, 0.15) is 88.3 Å². The normalized spacial score (nSPS) is 21.2. The number of benzene rings is 2. The lowest BCUT2D eigenvalue weighted by molar-refractivity contribution is -0.124. The van der Waals surface area contributed by atoms with Crippen LogP contribution in [0.2, 0.25) is 0 Å². The Labute approximate surface area is 237 Å². The third-order valence-electron chi connectivity index (χ3n) is 8.16. The van der Waals surface area contributed by atoms with Gasteiger partial charge in [0.15, 0.2) is 0 Å². The maximum Gasteiger partial charge on any atom is 0.270 e. The van der Waals surface area contributed by atoms with Gasteiger partial charge in [0.1, 0.15) is 11.3 Å². The molecule has 0 bridgehead atoms. The second-order valence-electron chi connectivity index (χ2n) is 11.8. The van der Waals surface area contributed by atoms with Gasteiger partial charge < -0.3 is 10.1 Å². The lowest BCUT2D eigenvalue weighted by Crippen LogP contribution is -2.50. The van der Waals surface area contributed by atoms with E-state index >= 15 is 0 Å². The van der Waals surface area contributed by atoms with Gasteiger partial charge in [-0.3, -0.25) is 9.59 Å². The highest BCUT2D eigenvalue weighted by Gasteiger charge is 2.43. The van der Waals surface area contributed by atoms with Crippen molar-refractivity contribution in [1.29, 1.82) is 0 Å². The summed E-state index contributed by atoms with van der Waals surface area (Å²) in [6.07, 6.45) is 9.47. The zero-order valence-electron chi connectivity index (χ0n) is 23.5. The third kappa shape index (κ3) is 6.77. The van der Waals surface area contributed by atoms with Gasteiger partial charge in [-0.15, -0.1) is 0 Å². The van der Waals surface area contributed by atoms with Crippen LogP contribution in [0.5, 0.6) is 5.75 Å². The minimum Gasteiger partial charge on any atom is -0.494 e. The molecule has 0 saturated heterocycles. The molecule has 0 spiro atoms. The lowest BCUT2D eigenvalue weighted by Gasteiger charge is -2.37. The van der Waals surface area contributed by atoms with E-state index in [1.54, 1.807) is 0 Å². The molecule has 3 aliphatic rings. The van der Waals surface area contributed by atoms with Gasteiger partial charge in [-0.05, 0) is 85.8 Å². The predicted octanol–water partition coefficient (Wildman–Crippen LogP) is 5.40. The van der Waals surface area contributed by atoms with Crippen LogP contribution in [-0.2, 0) is 31.6 Å². The molecule has 8 heteroatoms. The van der Waals surface area contributed by atoms with Crippen LogP contribution in [0.25, 0.3) is 5.57 Å². The highest BCUT2D eigenvalue weighted by molar-refractivity contribution is 7.91. The largest absolute Gasteiger partial charge is 0.494 e. The number of rotatable bonds is 13. The van der Waals surface area contributed by atoms with Crippen LogP contribution in [0.3, 0.4) is 0 Å². The summed E-state index contributed by atoms with van der Waals surface area (Å²) in [6, 6.07) is 15.7. The molecule has 0 unspecified atom stereocenters. The molecular formula is C32H40N2O5S. The Morgan fingerprint density at radius 3 is 2.33 bits per heavy atom.